The first-order valence-electron chi connectivity index (χ1n) is 3.34. The lowest BCUT2D eigenvalue weighted by Crippen LogP contribution is -1.88. The van der Waals surface area contributed by atoms with Crippen molar-refractivity contribution in [3.8, 4) is 5.88 Å². The lowest BCUT2D eigenvalue weighted by Gasteiger charge is -1.96. The number of hydrogen-bond donors (Lipinski definition) is 1. The number of nitrogens with zero attached hydrogens (tertiary/aromatic N) is 2. The first kappa shape index (κ1) is 7.54. The Hall–Kier alpha value is -1.10. The SMILES string of the molecule is COc1ncnc2[nH]c(Br)cc12. The number of methoxy groups -OCH3 is 1. The Morgan fingerprint density at radius 2 is 2.33 bits per heavy atom. The highest BCUT2D eigenvalue weighted by atomic mass is 79.9. The molecule has 0 bridgehead atoms. The van der Waals surface area contributed by atoms with Crippen LogP contribution in [0.4, 0.5) is 0 Å². The maximum atomic E-state index is 5.05. The first-order valence-corrected chi connectivity index (χ1v) is 4.14. The van der Waals surface area contributed by atoms with Gasteiger partial charge in [-0.2, -0.15) is 0 Å². The van der Waals surface area contributed by atoms with Gasteiger partial charge in [-0.25, -0.2) is 9.97 Å². The highest BCUT2D eigenvalue weighted by Crippen LogP contribution is 2.23. The zero-order valence-electron chi connectivity index (χ0n) is 6.34. The summed E-state index contributed by atoms with van der Waals surface area (Å²) in [7, 11) is 1.59. The lowest BCUT2D eigenvalue weighted by atomic mass is 10.4. The summed E-state index contributed by atoms with van der Waals surface area (Å²) in [5.74, 6) is 0.585. The predicted octanol–water partition coefficient (Wildman–Crippen LogP) is 1.73. The normalized spacial score (nSPS) is 10.5. The average molecular weight is 228 g/mol. The number of H-pyrrole nitrogens is 1. The summed E-state index contributed by atoms with van der Waals surface area (Å²) in [4.78, 5) is 11.0. The van der Waals surface area contributed by atoms with Crippen molar-refractivity contribution < 1.29 is 4.74 Å². The zero-order chi connectivity index (χ0) is 8.55. The molecule has 2 aromatic heterocycles. The topological polar surface area (TPSA) is 50.8 Å². The van der Waals surface area contributed by atoms with Crippen molar-refractivity contribution >= 4 is 27.0 Å². The molecular weight excluding hydrogens is 222 g/mol. The molecule has 0 aliphatic carbocycles. The number of aromatic nitrogens is 3. The maximum Gasteiger partial charge on any atom is 0.225 e. The zero-order valence-corrected chi connectivity index (χ0v) is 7.92. The molecule has 2 rings (SSSR count). The molecule has 0 aromatic carbocycles. The summed E-state index contributed by atoms with van der Waals surface area (Å²) in [5, 5.41) is 0.881. The quantitative estimate of drug-likeness (QED) is 0.808. The molecule has 0 aliphatic rings. The van der Waals surface area contributed by atoms with Gasteiger partial charge in [0.25, 0.3) is 0 Å². The van der Waals surface area contributed by atoms with E-state index in [1.165, 1.54) is 6.33 Å². The van der Waals surface area contributed by atoms with Crippen molar-refractivity contribution in [3.05, 3.63) is 17.0 Å². The van der Waals surface area contributed by atoms with Crippen LogP contribution in [0.2, 0.25) is 0 Å². The molecule has 0 unspecified atom stereocenters. The molecule has 0 atom stereocenters. The van der Waals surface area contributed by atoms with Gasteiger partial charge < -0.3 is 9.72 Å². The molecule has 62 valence electrons. The molecule has 1 N–H and O–H groups in total. The molecule has 0 aliphatic heterocycles. The van der Waals surface area contributed by atoms with Gasteiger partial charge in [0.2, 0.25) is 5.88 Å². The number of rotatable bonds is 1. The maximum absolute atomic E-state index is 5.05. The second kappa shape index (κ2) is 2.75. The minimum absolute atomic E-state index is 0.585. The van der Waals surface area contributed by atoms with Crippen molar-refractivity contribution in [2.24, 2.45) is 0 Å². The van der Waals surface area contributed by atoms with E-state index in [-0.39, 0.29) is 0 Å². The smallest absolute Gasteiger partial charge is 0.225 e. The fraction of sp³-hybridized carbons (Fsp3) is 0.143. The van der Waals surface area contributed by atoms with Crippen molar-refractivity contribution in [2.45, 2.75) is 0 Å². The third kappa shape index (κ3) is 1.06. The van der Waals surface area contributed by atoms with E-state index in [0.29, 0.717) is 5.88 Å². The monoisotopic (exact) mass is 227 g/mol. The van der Waals surface area contributed by atoms with Gasteiger partial charge in [0.1, 0.15) is 12.0 Å². The Kier molecular flexibility index (Phi) is 1.73. The summed E-state index contributed by atoms with van der Waals surface area (Å²) in [5.41, 5.74) is 0.772. The van der Waals surface area contributed by atoms with Crippen LogP contribution in [0.5, 0.6) is 5.88 Å². The van der Waals surface area contributed by atoms with E-state index < -0.39 is 0 Å². The predicted molar refractivity (Wildman–Crippen MR) is 48.1 cm³/mol. The van der Waals surface area contributed by atoms with Crippen LogP contribution in [-0.4, -0.2) is 22.1 Å². The summed E-state index contributed by atoms with van der Waals surface area (Å²) in [6.07, 6.45) is 1.46. The van der Waals surface area contributed by atoms with Crippen molar-refractivity contribution in [2.75, 3.05) is 7.11 Å². The molecule has 0 amide bonds. The molecule has 0 spiro atoms. The van der Waals surface area contributed by atoms with E-state index >= 15 is 0 Å². The fourth-order valence-electron chi connectivity index (χ4n) is 1.05. The molecule has 0 fully saturated rings. The summed E-state index contributed by atoms with van der Waals surface area (Å²) in [6, 6.07) is 1.88. The Morgan fingerprint density at radius 1 is 1.50 bits per heavy atom. The van der Waals surface area contributed by atoms with Crippen molar-refractivity contribution in [3.63, 3.8) is 0 Å². The van der Waals surface area contributed by atoms with Crippen LogP contribution in [0.3, 0.4) is 0 Å². The largest absolute Gasteiger partial charge is 0.480 e. The molecule has 0 saturated heterocycles. The molecule has 0 saturated carbocycles. The third-order valence-corrected chi connectivity index (χ3v) is 1.98. The average Bonchev–Trinajstić information content (AvgIpc) is 2.44. The van der Waals surface area contributed by atoms with Gasteiger partial charge in [-0.1, -0.05) is 0 Å². The van der Waals surface area contributed by atoms with Crippen LogP contribution in [-0.2, 0) is 0 Å². The van der Waals surface area contributed by atoms with Crippen LogP contribution in [0.15, 0.2) is 17.0 Å². The van der Waals surface area contributed by atoms with Gasteiger partial charge in [-0.3, -0.25) is 0 Å². The van der Waals surface area contributed by atoms with E-state index in [9.17, 15) is 0 Å². The van der Waals surface area contributed by atoms with Crippen molar-refractivity contribution in [1.29, 1.82) is 0 Å². The highest BCUT2D eigenvalue weighted by Gasteiger charge is 2.05. The summed E-state index contributed by atoms with van der Waals surface area (Å²) >= 11 is 3.31. The number of ether oxygens (including phenoxy) is 1. The van der Waals surface area contributed by atoms with E-state index in [0.717, 1.165) is 15.6 Å². The minimum Gasteiger partial charge on any atom is -0.480 e. The number of halogens is 1. The molecule has 0 radical (unpaired) electrons. The van der Waals surface area contributed by atoms with Crippen LogP contribution >= 0.6 is 15.9 Å². The van der Waals surface area contributed by atoms with Gasteiger partial charge in [0.05, 0.1) is 17.1 Å². The summed E-state index contributed by atoms with van der Waals surface area (Å²) < 4.78 is 5.92. The Balaban J connectivity index is 2.78. The molecule has 5 heteroatoms. The second-order valence-electron chi connectivity index (χ2n) is 2.26. The standard InChI is InChI=1S/C7H6BrN3O/c1-12-7-4-2-5(8)11-6(4)9-3-10-7/h2-3H,1H3,(H,9,10,11). The van der Waals surface area contributed by atoms with Crippen molar-refractivity contribution in [1.82, 2.24) is 15.0 Å². The molecule has 4 nitrogen and oxygen atoms in total. The molecular formula is C7H6BrN3O. The fourth-order valence-corrected chi connectivity index (χ4v) is 1.46. The Labute approximate surface area is 77.1 Å². The van der Waals surface area contributed by atoms with Crippen LogP contribution in [0.1, 0.15) is 0 Å². The van der Waals surface area contributed by atoms with Gasteiger partial charge in [-0.05, 0) is 22.0 Å². The lowest BCUT2D eigenvalue weighted by molar-refractivity contribution is 0.402. The molecule has 2 heterocycles. The van der Waals surface area contributed by atoms with E-state index in [4.69, 9.17) is 4.74 Å². The Morgan fingerprint density at radius 3 is 3.08 bits per heavy atom. The minimum atomic E-state index is 0.585. The molecule has 2 aromatic rings. The highest BCUT2D eigenvalue weighted by molar-refractivity contribution is 9.10. The third-order valence-electron chi connectivity index (χ3n) is 1.55. The number of aromatic amines is 1. The van der Waals surface area contributed by atoms with Crippen LogP contribution < -0.4 is 4.74 Å². The van der Waals surface area contributed by atoms with Gasteiger partial charge in [0.15, 0.2) is 0 Å². The van der Waals surface area contributed by atoms with Gasteiger partial charge in [0, 0.05) is 0 Å². The second-order valence-corrected chi connectivity index (χ2v) is 3.12. The van der Waals surface area contributed by atoms with E-state index in [2.05, 4.69) is 30.9 Å². The van der Waals surface area contributed by atoms with Crippen LogP contribution in [0.25, 0.3) is 11.0 Å². The number of hydrogen-bond acceptors (Lipinski definition) is 3. The molecule has 12 heavy (non-hydrogen) atoms. The Bertz CT molecular complexity index is 412. The number of nitrogens with one attached hydrogen (secondary N) is 1. The van der Waals surface area contributed by atoms with Gasteiger partial charge in [-0.15, -0.1) is 0 Å². The van der Waals surface area contributed by atoms with Gasteiger partial charge >= 0.3 is 0 Å². The summed E-state index contributed by atoms with van der Waals surface area (Å²) in [6.45, 7) is 0. The van der Waals surface area contributed by atoms with E-state index in [1.807, 2.05) is 6.07 Å². The van der Waals surface area contributed by atoms with Crippen LogP contribution in [0, 0.1) is 0 Å². The number of fused-ring (bicyclic) bond motifs is 1. The first-order chi connectivity index (χ1) is 5.81. The van der Waals surface area contributed by atoms with E-state index in [1.54, 1.807) is 7.11 Å².